The zero-order valence-electron chi connectivity index (χ0n) is 17.6. The van der Waals surface area contributed by atoms with E-state index in [2.05, 4.69) is 23.3 Å². The van der Waals surface area contributed by atoms with E-state index >= 15 is 0 Å². The molecule has 0 aliphatic carbocycles. The molecule has 4 aromatic rings. The summed E-state index contributed by atoms with van der Waals surface area (Å²) in [5.41, 5.74) is 5.88. The third kappa shape index (κ3) is 3.86. The highest BCUT2D eigenvalue weighted by Gasteiger charge is 2.19. The molecule has 0 amide bonds. The number of hydrogen-bond donors (Lipinski definition) is 2. The summed E-state index contributed by atoms with van der Waals surface area (Å²) >= 11 is 0. The van der Waals surface area contributed by atoms with Gasteiger partial charge in [0.2, 0.25) is 6.79 Å². The van der Waals surface area contributed by atoms with Crippen LogP contribution in [-0.2, 0) is 13.0 Å². The highest BCUT2D eigenvalue weighted by molar-refractivity contribution is 5.78. The Morgan fingerprint density at radius 1 is 1.03 bits per heavy atom. The molecule has 3 heterocycles. The number of hydrogen-bond acceptors (Lipinski definition) is 6. The predicted molar refractivity (Wildman–Crippen MR) is 121 cm³/mol. The van der Waals surface area contributed by atoms with Gasteiger partial charge in [-0.3, -0.25) is 4.98 Å². The average Bonchev–Trinajstić information content (AvgIpc) is 3.49. The maximum Gasteiger partial charge on any atom is 0.231 e. The summed E-state index contributed by atoms with van der Waals surface area (Å²) in [7, 11) is 0. The zero-order chi connectivity index (χ0) is 21.9. The van der Waals surface area contributed by atoms with Gasteiger partial charge in [-0.15, -0.1) is 0 Å². The Bertz CT molecular complexity index is 1320. The van der Waals surface area contributed by atoms with Crippen molar-refractivity contribution in [2.75, 3.05) is 12.1 Å². The minimum atomic E-state index is 0.225. The molecule has 0 saturated heterocycles. The van der Waals surface area contributed by atoms with Crippen molar-refractivity contribution in [3.8, 4) is 40.2 Å². The molecular formula is C25H21N5O2. The number of imidazole rings is 1. The smallest absolute Gasteiger partial charge is 0.231 e. The molecule has 2 aromatic carbocycles. The molecular weight excluding hydrogens is 402 g/mol. The average molecular weight is 423 g/mol. The number of aryl methyl sites for hydroxylation is 1. The molecule has 5 rings (SSSR count). The summed E-state index contributed by atoms with van der Waals surface area (Å²) < 4.78 is 11.0. The van der Waals surface area contributed by atoms with Crippen LogP contribution in [0.5, 0.6) is 11.5 Å². The first-order valence-electron chi connectivity index (χ1n) is 10.4. The van der Waals surface area contributed by atoms with Gasteiger partial charge in [-0.05, 0) is 55.0 Å². The van der Waals surface area contributed by atoms with Crippen LogP contribution in [0.1, 0.15) is 24.0 Å². The normalized spacial score (nSPS) is 11.9. The minimum absolute atomic E-state index is 0.225. The Labute approximate surface area is 185 Å². The van der Waals surface area contributed by atoms with Crippen molar-refractivity contribution in [1.29, 1.82) is 5.26 Å². The van der Waals surface area contributed by atoms with Gasteiger partial charge in [-0.1, -0.05) is 19.1 Å². The number of benzene rings is 2. The van der Waals surface area contributed by atoms with Gasteiger partial charge in [0.1, 0.15) is 5.82 Å². The van der Waals surface area contributed by atoms with Crippen molar-refractivity contribution in [2.24, 2.45) is 0 Å². The number of fused-ring (bicyclic) bond motifs is 1. The van der Waals surface area contributed by atoms with Crippen LogP contribution in [0.3, 0.4) is 0 Å². The van der Waals surface area contributed by atoms with Crippen LogP contribution in [0.2, 0.25) is 0 Å². The third-order valence-corrected chi connectivity index (χ3v) is 5.28. The first-order chi connectivity index (χ1) is 15.7. The number of pyridine rings is 1. The molecule has 0 fully saturated rings. The second-order valence-corrected chi connectivity index (χ2v) is 7.39. The Morgan fingerprint density at radius 3 is 2.78 bits per heavy atom. The second-order valence-electron chi connectivity index (χ2n) is 7.39. The number of nitrogens with one attached hydrogen (secondary N) is 2. The number of rotatable bonds is 6. The maximum absolute atomic E-state index is 9.13. The minimum Gasteiger partial charge on any atom is -0.454 e. The first-order valence-corrected chi connectivity index (χ1v) is 10.4. The van der Waals surface area contributed by atoms with Crippen molar-refractivity contribution in [2.45, 2.75) is 19.9 Å². The van der Waals surface area contributed by atoms with E-state index in [-0.39, 0.29) is 6.79 Å². The van der Waals surface area contributed by atoms with Crippen LogP contribution in [0.4, 0.5) is 5.69 Å². The summed E-state index contributed by atoms with van der Waals surface area (Å²) in [6, 6.07) is 21.4. The van der Waals surface area contributed by atoms with E-state index in [1.54, 1.807) is 6.07 Å². The fourth-order valence-electron chi connectivity index (χ4n) is 3.64. The van der Waals surface area contributed by atoms with Crippen LogP contribution in [-0.4, -0.2) is 21.7 Å². The lowest BCUT2D eigenvalue weighted by Crippen LogP contribution is -2.01. The number of ether oxygens (including phenoxy) is 2. The lowest BCUT2D eigenvalue weighted by Gasteiger charge is -2.05. The number of aromatic nitrogens is 3. The molecule has 2 aromatic heterocycles. The highest BCUT2D eigenvalue weighted by atomic mass is 16.7. The molecule has 1 aliphatic heterocycles. The van der Waals surface area contributed by atoms with Gasteiger partial charge in [-0.2, -0.15) is 5.26 Å². The fourth-order valence-corrected chi connectivity index (χ4v) is 3.64. The Balaban J connectivity index is 1.52. The topological polar surface area (TPSA) is 95.9 Å². The highest BCUT2D eigenvalue weighted by Crippen LogP contribution is 2.38. The van der Waals surface area contributed by atoms with E-state index in [0.29, 0.717) is 17.9 Å². The quantitative estimate of drug-likeness (QED) is 0.457. The van der Waals surface area contributed by atoms with E-state index in [1.165, 1.54) is 0 Å². The molecule has 0 atom stereocenters. The molecule has 7 heteroatoms. The molecule has 0 bridgehead atoms. The molecule has 7 nitrogen and oxygen atoms in total. The maximum atomic E-state index is 9.13. The summed E-state index contributed by atoms with van der Waals surface area (Å²) in [6.45, 7) is 2.78. The summed E-state index contributed by atoms with van der Waals surface area (Å²) in [6.07, 6.45) is 0.852. The van der Waals surface area contributed by atoms with E-state index in [4.69, 9.17) is 24.7 Å². The molecule has 0 radical (unpaired) electrons. The van der Waals surface area contributed by atoms with Gasteiger partial charge in [0.15, 0.2) is 11.5 Å². The molecule has 0 spiro atoms. The summed E-state index contributed by atoms with van der Waals surface area (Å²) in [4.78, 5) is 13.1. The van der Waals surface area contributed by atoms with Gasteiger partial charge in [0.25, 0.3) is 0 Å². The molecule has 158 valence electrons. The summed E-state index contributed by atoms with van der Waals surface area (Å²) in [5, 5.41) is 12.5. The lowest BCUT2D eigenvalue weighted by atomic mass is 10.1. The SMILES string of the molecule is CCc1cccc(-c2[nH]c(CNc3cccc(C#N)c3)nc2-c2ccc3c(c2)OCO3)n1. The van der Waals surface area contributed by atoms with E-state index in [1.807, 2.05) is 54.6 Å². The van der Waals surface area contributed by atoms with Gasteiger partial charge >= 0.3 is 0 Å². The monoisotopic (exact) mass is 423 g/mol. The van der Waals surface area contributed by atoms with Crippen LogP contribution in [0, 0.1) is 11.3 Å². The van der Waals surface area contributed by atoms with E-state index in [9.17, 15) is 0 Å². The Kier molecular flexibility index (Phi) is 5.18. The van der Waals surface area contributed by atoms with Crippen LogP contribution >= 0.6 is 0 Å². The van der Waals surface area contributed by atoms with Crippen LogP contribution < -0.4 is 14.8 Å². The van der Waals surface area contributed by atoms with E-state index < -0.39 is 0 Å². The van der Waals surface area contributed by atoms with Gasteiger partial charge in [0, 0.05) is 16.9 Å². The number of nitriles is 1. The van der Waals surface area contributed by atoms with Gasteiger partial charge < -0.3 is 19.8 Å². The molecule has 32 heavy (non-hydrogen) atoms. The second kappa shape index (κ2) is 8.44. The van der Waals surface area contributed by atoms with Gasteiger partial charge in [0.05, 0.1) is 35.3 Å². The zero-order valence-corrected chi connectivity index (χ0v) is 17.6. The number of aromatic amines is 1. The number of H-pyrrole nitrogens is 1. The third-order valence-electron chi connectivity index (χ3n) is 5.28. The number of nitrogens with zero attached hydrogens (tertiary/aromatic N) is 3. The van der Waals surface area contributed by atoms with E-state index in [0.717, 1.165) is 52.0 Å². The fraction of sp³-hybridized carbons (Fsp3) is 0.160. The van der Waals surface area contributed by atoms with Gasteiger partial charge in [-0.25, -0.2) is 4.98 Å². The Morgan fingerprint density at radius 2 is 1.91 bits per heavy atom. The van der Waals surface area contributed by atoms with Crippen molar-refractivity contribution < 1.29 is 9.47 Å². The predicted octanol–water partition coefficient (Wildman–Crippen LogP) is 4.91. The van der Waals surface area contributed by atoms with Crippen molar-refractivity contribution >= 4 is 5.69 Å². The molecule has 1 aliphatic rings. The largest absolute Gasteiger partial charge is 0.454 e. The standard InChI is InChI=1S/C25H21N5O2/c1-2-18-6-4-8-20(28-18)25-24(17-9-10-21-22(12-17)32-15-31-21)29-23(30-25)14-27-19-7-3-5-16(11-19)13-26/h3-12,27H,2,14-15H2,1H3,(H,29,30). The number of anilines is 1. The van der Waals surface area contributed by atoms with Crippen molar-refractivity contribution in [1.82, 2.24) is 15.0 Å². The van der Waals surface area contributed by atoms with Crippen molar-refractivity contribution in [3.63, 3.8) is 0 Å². The van der Waals surface area contributed by atoms with Crippen LogP contribution in [0.25, 0.3) is 22.6 Å². The molecule has 0 unspecified atom stereocenters. The Hall–Kier alpha value is -4.31. The summed E-state index contributed by atoms with van der Waals surface area (Å²) in [5.74, 6) is 2.20. The molecule has 2 N–H and O–H groups in total. The first kappa shape index (κ1) is 19.6. The van der Waals surface area contributed by atoms with Crippen LogP contribution in [0.15, 0.2) is 60.7 Å². The lowest BCUT2D eigenvalue weighted by molar-refractivity contribution is 0.174. The van der Waals surface area contributed by atoms with Crippen molar-refractivity contribution in [3.05, 3.63) is 77.7 Å². The molecule has 0 saturated carbocycles.